The minimum Gasteiger partial charge on any atom is -0.478 e. The lowest BCUT2D eigenvalue weighted by Crippen LogP contribution is -2.15. The van der Waals surface area contributed by atoms with Gasteiger partial charge in [0.1, 0.15) is 0 Å². The number of hydrogen-bond donors (Lipinski definition) is 2. The van der Waals surface area contributed by atoms with Crippen molar-refractivity contribution in [2.24, 2.45) is 0 Å². The van der Waals surface area contributed by atoms with Crippen molar-refractivity contribution in [1.29, 1.82) is 0 Å². The van der Waals surface area contributed by atoms with Gasteiger partial charge in [-0.05, 0) is 35.9 Å². The first-order valence-electron chi connectivity index (χ1n) is 7.37. The normalized spacial score (nSPS) is 11.2. The van der Waals surface area contributed by atoms with Gasteiger partial charge in [-0.2, -0.15) is 5.10 Å². The topological polar surface area (TPSA) is 101 Å². The molecule has 0 aliphatic heterocycles. The van der Waals surface area contributed by atoms with E-state index >= 15 is 0 Å². The van der Waals surface area contributed by atoms with E-state index in [1.807, 2.05) is 6.07 Å². The Bertz CT molecular complexity index is 998. The van der Waals surface area contributed by atoms with Gasteiger partial charge in [0.15, 0.2) is 0 Å². The first-order valence-corrected chi connectivity index (χ1v) is 8.85. The number of nitrogens with one attached hydrogen (secondary N) is 1. The molecule has 3 rings (SSSR count). The predicted molar refractivity (Wildman–Crippen MR) is 92.0 cm³/mol. The quantitative estimate of drug-likeness (QED) is 0.705. The van der Waals surface area contributed by atoms with Crippen LogP contribution in [-0.4, -0.2) is 29.3 Å². The summed E-state index contributed by atoms with van der Waals surface area (Å²) in [6, 6.07) is 14.0. The fourth-order valence-corrected chi connectivity index (χ4v) is 3.47. The van der Waals surface area contributed by atoms with Crippen molar-refractivity contribution in [2.75, 3.05) is 4.72 Å². The van der Waals surface area contributed by atoms with E-state index in [9.17, 15) is 13.2 Å². The van der Waals surface area contributed by atoms with Gasteiger partial charge in [0.05, 0.1) is 22.7 Å². The highest BCUT2D eigenvalue weighted by Gasteiger charge is 2.17. The number of para-hydroxylation sites is 1. The minimum absolute atomic E-state index is 0.0901. The summed E-state index contributed by atoms with van der Waals surface area (Å²) in [6.45, 7) is 0.404. The van der Waals surface area contributed by atoms with Crippen LogP contribution in [0, 0.1) is 0 Å². The van der Waals surface area contributed by atoms with E-state index in [1.165, 1.54) is 18.2 Å². The van der Waals surface area contributed by atoms with Crippen molar-refractivity contribution >= 4 is 21.7 Å². The Balaban J connectivity index is 1.91. The maximum absolute atomic E-state index is 12.6. The highest BCUT2D eigenvalue weighted by atomic mass is 32.2. The molecule has 2 N–H and O–H groups in total. The lowest BCUT2D eigenvalue weighted by Gasteiger charge is -2.13. The van der Waals surface area contributed by atoms with Crippen LogP contribution in [0.25, 0.3) is 0 Å². The monoisotopic (exact) mass is 357 g/mol. The highest BCUT2D eigenvalue weighted by molar-refractivity contribution is 7.92. The molecular formula is C17H15N3O4S. The van der Waals surface area contributed by atoms with Crippen molar-refractivity contribution in [3.05, 3.63) is 78.1 Å². The van der Waals surface area contributed by atoms with Gasteiger partial charge in [0.25, 0.3) is 10.0 Å². The summed E-state index contributed by atoms with van der Waals surface area (Å²) in [5.41, 5.74) is 1.07. The Hall–Kier alpha value is -3.13. The summed E-state index contributed by atoms with van der Waals surface area (Å²) in [5, 5.41) is 13.1. The maximum atomic E-state index is 12.6. The number of aromatic nitrogens is 2. The fraction of sp³-hybridized carbons (Fsp3) is 0.0588. The fourth-order valence-electron chi connectivity index (χ4n) is 2.33. The molecule has 0 amide bonds. The molecule has 1 heterocycles. The van der Waals surface area contributed by atoms with Crippen LogP contribution in [0.4, 0.5) is 5.69 Å². The molecule has 0 radical (unpaired) electrons. The van der Waals surface area contributed by atoms with E-state index in [1.54, 1.807) is 41.3 Å². The molecular weight excluding hydrogens is 342 g/mol. The summed E-state index contributed by atoms with van der Waals surface area (Å²) in [7, 11) is -3.91. The number of carbonyl (C=O) groups is 1. The zero-order valence-electron chi connectivity index (χ0n) is 13.0. The second-order valence-corrected chi connectivity index (χ2v) is 6.98. The molecule has 0 aliphatic rings. The number of hydrogen-bond acceptors (Lipinski definition) is 4. The average Bonchev–Trinajstić information content (AvgIpc) is 3.09. The number of anilines is 1. The predicted octanol–water partition coefficient (Wildman–Crippen LogP) is 2.43. The summed E-state index contributed by atoms with van der Waals surface area (Å²) >= 11 is 0. The van der Waals surface area contributed by atoms with Gasteiger partial charge in [-0.1, -0.05) is 24.3 Å². The Morgan fingerprint density at radius 2 is 1.92 bits per heavy atom. The van der Waals surface area contributed by atoms with E-state index in [-0.39, 0.29) is 10.5 Å². The van der Waals surface area contributed by atoms with Gasteiger partial charge in [-0.15, -0.1) is 0 Å². The Morgan fingerprint density at radius 3 is 2.64 bits per heavy atom. The van der Waals surface area contributed by atoms with Gasteiger partial charge in [0, 0.05) is 12.4 Å². The van der Waals surface area contributed by atoms with Gasteiger partial charge >= 0.3 is 5.97 Å². The molecule has 3 aromatic rings. The molecule has 128 valence electrons. The molecule has 0 atom stereocenters. The number of nitrogens with zero attached hydrogens (tertiary/aromatic N) is 2. The lowest BCUT2D eigenvalue weighted by atomic mass is 10.2. The minimum atomic E-state index is -3.91. The van der Waals surface area contributed by atoms with Crippen molar-refractivity contribution in [2.45, 2.75) is 11.4 Å². The largest absolute Gasteiger partial charge is 0.478 e. The zero-order chi connectivity index (χ0) is 17.9. The molecule has 0 fully saturated rings. The lowest BCUT2D eigenvalue weighted by molar-refractivity contribution is 0.0696. The summed E-state index contributed by atoms with van der Waals surface area (Å²) in [6.07, 6.45) is 3.42. The van der Waals surface area contributed by atoms with E-state index in [4.69, 9.17) is 5.11 Å². The van der Waals surface area contributed by atoms with Crippen molar-refractivity contribution in [3.8, 4) is 0 Å². The highest BCUT2D eigenvalue weighted by Crippen LogP contribution is 2.21. The van der Waals surface area contributed by atoms with Crippen LogP contribution >= 0.6 is 0 Å². The van der Waals surface area contributed by atoms with Crippen LogP contribution in [0.3, 0.4) is 0 Å². The van der Waals surface area contributed by atoms with E-state index in [0.29, 0.717) is 12.2 Å². The van der Waals surface area contributed by atoms with E-state index < -0.39 is 16.0 Å². The number of benzene rings is 2. The number of carboxylic acids is 1. The smallest absolute Gasteiger partial charge is 0.335 e. The molecule has 1 aromatic heterocycles. The Morgan fingerprint density at radius 1 is 1.12 bits per heavy atom. The van der Waals surface area contributed by atoms with Crippen LogP contribution in [0.5, 0.6) is 0 Å². The van der Waals surface area contributed by atoms with Gasteiger partial charge in [0.2, 0.25) is 0 Å². The first-order chi connectivity index (χ1) is 12.0. The van der Waals surface area contributed by atoms with Crippen LogP contribution in [0.2, 0.25) is 0 Å². The number of aromatic carboxylic acids is 1. The van der Waals surface area contributed by atoms with Gasteiger partial charge in [-0.25, -0.2) is 13.2 Å². The molecule has 0 aliphatic carbocycles. The SMILES string of the molecule is O=C(O)c1cccc(S(=O)(=O)Nc2ccccc2Cn2cccn2)c1. The summed E-state index contributed by atoms with van der Waals surface area (Å²) in [4.78, 5) is 10.9. The van der Waals surface area contributed by atoms with E-state index in [2.05, 4.69) is 9.82 Å². The van der Waals surface area contributed by atoms with Crippen molar-refractivity contribution in [1.82, 2.24) is 9.78 Å². The van der Waals surface area contributed by atoms with Crippen LogP contribution in [-0.2, 0) is 16.6 Å². The summed E-state index contributed by atoms with van der Waals surface area (Å²) < 4.78 is 29.4. The number of rotatable bonds is 6. The maximum Gasteiger partial charge on any atom is 0.335 e. The Labute approximate surface area is 144 Å². The second-order valence-electron chi connectivity index (χ2n) is 5.30. The van der Waals surface area contributed by atoms with Gasteiger partial charge in [-0.3, -0.25) is 9.40 Å². The van der Waals surface area contributed by atoms with Gasteiger partial charge < -0.3 is 5.11 Å². The second kappa shape index (κ2) is 6.78. The first kappa shape index (κ1) is 16.7. The number of carboxylic acid groups (broad SMARTS) is 1. The van der Waals surface area contributed by atoms with Crippen molar-refractivity contribution in [3.63, 3.8) is 0 Å². The van der Waals surface area contributed by atoms with Crippen LogP contribution in [0.15, 0.2) is 71.9 Å². The molecule has 0 saturated carbocycles. The molecule has 2 aromatic carbocycles. The third-order valence-electron chi connectivity index (χ3n) is 3.54. The average molecular weight is 357 g/mol. The zero-order valence-corrected chi connectivity index (χ0v) is 13.8. The molecule has 0 spiro atoms. The molecule has 8 heteroatoms. The molecule has 0 bridgehead atoms. The molecule has 7 nitrogen and oxygen atoms in total. The van der Waals surface area contributed by atoms with Crippen LogP contribution < -0.4 is 4.72 Å². The van der Waals surface area contributed by atoms with Crippen LogP contribution in [0.1, 0.15) is 15.9 Å². The molecule has 0 saturated heterocycles. The van der Waals surface area contributed by atoms with E-state index in [0.717, 1.165) is 11.6 Å². The number of sulfonamides is 1. The third-order valence-corrected chi connectivity index (χ3v) is 4.91. The Kier molecular flexibility index (Phi) is 4.53. The third kappa shape index (κ3) is 3.86. The standard InChI is InChI=1S/C17H15N3O4S/c21-17(22)13-6-3-7-15(11-13)25(23,24)19-16-8-2-1-5-14(16)12-20-10-4-9-18-20/h1-11,19H,12H2,(H,21,22). The molecule has 0 unspecified atom stereocenters. The molecule has 25 heavy (non-hydrogen) atoms. The van der Waals surface area contributed by atoms with Crippen molar-refractivity contribution < 1.29 is 18.3 Å². The summed E-state index contributed by atoms with van der Waals surface area (Å²) in [5.74, 6) is -1.18.